The molecule has 2 aromatic rings. The summed E-state index contributed by atoms with van der Waals surface area (Å²) >= 11 is 0. The van der Waals surface area contributed by atoms with Gasteiger partial charge in [-0.3, -0.25) is 9.59 Å². The van der Waals surface area contributed by atoms with Crippen molar-refractivity contribution in [3.05, 3.63) is 71.0 Å². The van der Waals surface area contributed by atoms with E-state index in [4.69, 9.17) is 5.73 Å². The predicted molar refractivity (Wildman–Crippen MR) is 89.3 cm³/mol. The number of hydrogen-bond acceptors (Lipinski definition) is 3. The Bertz CT molecular complexity index is 758. The fourth-order valence-electron chi connectivity index (χ4n) is 3.00. The fourth-order valence-corrected chi connectivity index (χ4v) is 3.00. The van der Waals surface area contributed by atoms with Crippen molar-refractivity contribution in [1.29, 1.82) is 0 Å². The molecule has 1 aliphatic rings. The number of benzene rings is 2. The molecule has 0 spiro atoms. The number of carbonyl (C=O) groups excluding carboxylic acids is 2. The highest BCUT2D eigenvalue weighted by molar-refractivity contribution is 6.15. The number of likely N-dealkylation sites (tertiary alicyclic amines) is 1. The number of halogens is 1. The van der Waals surface area contributed by atoms with Crippen molar-refractivity contribution < 1.29 is 14.0 Å². The van der Waals surface area contributed by atoms with Gasteiger partial charge in [0.15, 0.2) is 5.78 Å². The summed E-state index contributed by atoms with van der Waals surface area (Å²) in [7, 11) is 0. The molecule has 1 aliphatic heterocycles. The lowest BCUT2D eigenvalue weighted by atomic mass is 9.97. The Kier molecular flexibility index (Phi) is 4.71. The third kappa shape index (κ3) is 3.21. The average molecular weight is 326 g/mol. The Morgan fingerprint density at radius 1 is 1.08 bits per heavy atom. The van der Waals surface area contributed by atoms with Crippen LogP contribution in [0.3, 0.4) is 0 Å². The van der Waals surface area contributed by atoms with E-state index in [1.807, 2.05) is 0 Å². The van der Waals surface area contributed by atoms with Gasteiger partial charge in [-0.15, -0.1) is 0 Å². The van der Waals surface area contributed by atoms with Crippen LogP contribution in [-0.4, -0.2) is 36.2 Å². The number of amides is 1. The maximum atomic E-state index is 13.1. The normalized spacial score (nSPS) is 17.1. The topological polar surface area (TPSA) is 63.4 Å². The highest BCUT2D eigenvalue weighted by Gasteiger charge is 2.28. The first-order valence-corrected chi connectivity index (χ1v) is 7.99. The minimum atomic E-state index is -0.402. The van der Waals surface area contributed by atoms with Crippen LogP contribution >= 0.6 is 0 Å². The molecule has 1 unspecified atom stereocenters. The molecule has 0 saturated carbocycles. The van der Waals surface area contributed by atoms with E-state index in [-0.39, 0.29) is 11.7 Å². The molecule has 1 heterocycles. The van der Waals surface area contributed by atoms with Crippen molar-refractivity contribution in [3.63, 3.8) is 0 Å². The van der Waals surface area contributed by atoms with Gasteiger partial charge in [-0.25, -0.2) is 4.39 Å². The summed E-state index contributed by atoms with van der Waals surface area (Å²) in [4.78, 5) is 27.2. The highest BCUT2D eigenvalue weighted by atomic mass is 19.1. The second-order valence-corrected chi connectivity index (χ2v) is 6.02. The smallest absolute Gasteiger partial charge is 0.254 e. The molecule has 0 radical (unpaired) electrons. The third-order valence-electron chi connectivity index (χ3n) is 4.41. The summed E-state index contributed by atoms with van der Waals surface area (Å²) in [5, 5.41) is 0. The third-order valence-corrected chi connectivity index (χ3v) is 4.41. The Hall–Kier alpha value is -2.53. The number of hydrogen-bond donors (Lipinski definition) is 1. The molecule has 3 rings (SSSR count). The molecule has 5 heteroatoms. The number of nitrogens with two attached hydrogens (primary N) is 1. The number of nitrogens with zero attached hydrogens (tertiary/aromatic N) is 1. The first-order chi connectivity index (χ1) is 11.6. The van der Waals surface area contributed by atoms with Gasteiger partial charge >= 0.3 is 0 Å². The van der Waals surface area contributed by atoms with Gasteiger partial charge in [-0.05, 0) is 49.2 Å². The minimum absolute atomic E-state index is 0.156. The first-order valence-electron chi connectivity index (χ1n) is 7.99. The predicted octanol–water partition coefficient (Wildman–Crippen LogP) is 2.48. The highest BCUT2D eigenvalue weighted by Crippen LogP contribution is 2.21. The van der Waals surface area contributed by atoms with E-state index >= 15 is 0 Å². The van der Waals surface area contributed by atoms with E-state index in [0.717, 1.165) is 6.42 Å². The van der Waals surface area contributed by atoms with Crippen LogP contribution < -0.4 is 5.73 Å². The van der Waals surface area contributed by atoms with Gasteiger partial charge < -0.3 is 10.6 Å². The van der Waals surface area contributed by atoms with Gasteiger partial charge in [0.05, 0.1) is 5.56 Å². The molecule has 1 saturated heterocycles. The molecular weight excluding hydrogens is 307 g/mol. The van der Waals surface area contributed by atoms with Crippen molar-refractivity contribution in [2.24, 2.45) is 11.7 Å². The summed E-state index contributed by atoms with van der Waals surface area (Å²) < 4.78 is 13.1. The fraction of sp³-hybridized carbons (Fsp3) is 0.263. The molecule has 2 N–H and O–H groups in total. The van der Waals surface area contributed by atoms with E-state index < -0.39 is 5.82 Å². The minimum Gasteiger partial charge on any atom is -0.338 e. The summed E-state index contributed by atoms with van der Waals surface area (Å²) in [6.45, 7) is 1.83. The molecule has 1 atom stereocenters. The van der Waals surface area contributed by atoms with Gasteiger partial charge in [0, 0.05) is 24.2 Å². The SMILES string of the molecule is NCC1CCN(C(=O)c2ccccc2C(=O)c2ccc(F)cc2)C1. The number of carbonyl (C=O) groups is 2. The van der Waals surface area contributed by atoms with Crippen LogP contribution in [0, 0.1) is 11.7 Å². The lowest BCUT2D eigenvalue weighted by Crippen LogP contribution is -2.31. The molecule has 1 fully saturated rings. The number of ketones is 1. The lowest BCUT2D eigenvalue weighted by Gasteiger charge is -2.18. The Balaban J connectivity index is 1.89. The Morgan fingerprint density at radius 3 is 2.38 bits per heavy atom. The summed E-state index contributed by atoms with van der Waals surface area (Å²) in [6, 6.07) is 12.1. The van der Waals surface area contributed by atoms with Gasteiger partial charge in [0.25, 0.3) is 5.91 Å². The van der Waals surface area contributed by atoms with Crippen molar-refractivity contribution in [3.8, 4) is 0 Å². The van der Waals surface area contributed by atoms with E-state index in [2.05, 4.69) is 0 Å². The second-order valence-electron chi connectivity index (χ2n) is 6.02. The largest absolute Gasteiger partial charge is 0.338 e. The standard InChI is InChI=1S/C19H19FN2O2/c20-15-7-5-14(6-8-15)18(23)16-3-1-2-4-17(16)19(24)22-10-9-13(11-21)12-22/h1-8,13H,9-12,21H2. The van der Waals surface area contributed by atoms with Gasteiger partial charge in [-0.2, -0.15) is 0 Å². The number of rotatable bonds is 4. The average Bonchev–Trinajstić information content (AvgIpc) is 3.10. The zero-order chi connectivity index (χ0) is 17.1. The molecule has 24 heavy (non-hydrogen) atoms. The first kappa shape index (κ1) is 16.3. The Labute approximate surface area is 140 Å². The molecule has 0 bridgehead atoms. The van der Waals surface area contributed by atoms with E-state index in [9.17, 15) is 14.0 Å². The van der Waals surface area contributed by atoms with Crippen LogP contribution in [0.5, 0.6) is 0 Å². The zero-order valence-electron chi connectivity index (χ0n) is 13.2. The zero-order valence-corrected chi connectivity index (χ0v) is 13.2. The van der Waals surface area contributed by atoms with Gasteiger partial charge in [0.1, 0.15) is 5.82 Å². The maximum absolute atomic E-state index is 13.1. The molecule has 0 aliphatic carbocycles. The van der Waals surface area contributed by atoms with Crippen LogP contribution in [0.2, 0.25) is 0 Å². The van der Waals surface area contributed by atoms with Gasteiger partial charge in [-0.1, -0.05) is 18.2 Å². The van der Waals surface area contributed by atoms with Gasteiger partial charge in [0.2, 0.25) is 0 Å². The van der Waals surface area contributed by atoms with Crippen LogP contribution in [0.15, 0.2) is 48.5 Å². The van der Waals surface area contributed by atoms with Crippen LogP contribution in [0.4, 0.5) is 4.39 Å². The maximum Gasteiger partial charge on any atom is 0.254 e. The molecule has 1 amide bonds. The van der Waals surface area contributed by atoms with Crippen LogP contribution in [0.1, 0.15) is 32.7 Å². The van der Waals surface area contributed by atoms with Crippen molar-refractivity contribution in [2.75, 3.05) is 19.6 Å². The summed E-state index contributed by atoms with van der Waals surface area (Å²) in [5.74, 6) is -0.528. The summed E-state index contributed by atoms with van der Waals surface area (Å²) in [6.07, 6.45) is 0.885. The van der Waals surface area contributed by atoms with E-state index in [1.54, 1.807) is 29.2 Å². The molecular formula is C19H19FN2O2. The molecule has 0 aromatic heterocycles. The molecule has 4 nitrogen and oxygen atoms in total. The molecule has 124 valence electrons. The summed E-state index contributed by atoms with van der Waals surface area (Å²) in [5.41, 5.74) is 6.76. The monoisotopic (exact) mass is 326 g/mol. The van der Waals surface area contributed by atoms with Crippen molar-refractivity contribution in [1.82, 2.24) is 4.90 Å². The van der Waals surface area contributed by atoms with Crippen LogP contribution in [-0.2, 0) is 0 Å². The second kappa shape index (κ2) is 6.93. The lowest BCUT2D eigenvalue weighted by molar-refractivity contribution is 0.0783. The van der Waals surface area contributed by atoms with Crippen molar-refractivity contribution in [2.45, 2.75) is 6.42 Å². The van der Waals surface area contributed by atoms with Crippen LogP contribution in [0.25, 0.3) is 0 Å². The Morgan fingerprint density at radius 2 is 1.75 bits per heavy atom. The quantitative estimate of drug-likeness (QED) is 0.878. The molecule has 2 aromatic carbocycles. The van der Waals surface area contributed by atoms with E-state index in [1.165, 1.54) is 24.3 Å². The van der Waals surface area contributed by atoms with Crippen molar-refractivity contribution >= 4 is 11.7 Å². The van der Waals surface area contributed by atoms with E-state index in [0.29, 0.717) is 42.2 Å².